The van der Waals surface area contributed by atoms with E-state index in [1.807, 2.05) is 0 Å². The second kappa shape index (κ2) is 11.0. The van der Waals surface area contributed by atoms with Gasteiger partial charge >= 0.3 is 9.75 Å². The lowest BCUT2D eigenvalue weighted by atomic mass is 9.68. The van der Waals surface area contributed by atoms with Crippen LogP contribution >= 0.6 is 23.1 Å². The molecule has 2 aromatic heterocycles. The molecule has 0 amide bonds. The molecule has 10 heteroatoms. The number of nitrogens with one attached hydrogen (secondary N) is 2. The van der Waals surface area contributed by atoms with Gasteiger partial charge in [-0.15, -0.1) is 0 Å². The minimum absolute atomic E-state index is 0.0621. The molecule has 0 aliphatic heterocycles. The van der Waals surface area contributed by atoms with E-state index >= 15 is 0 Å². The zero-order chi connectivity index (χ0) is 22.3. The first-order chi connectivity index (χ1) is 14.9. The molecule has 2 saturated carbocycles. The summed E-state index contributed by atoms with van der Waals surface area (Å²) in [4.78, 5) is 27.5. The average molecular weight is 469 g/mol. The van der Waals surface area contributed by atoms with Gasteiger partial charge in [0.2, 0.25) is 0 Å². The molecule has 6 N–H and O–H groups in total. The predicted octanol–water partition coefficient (Wildman–Crippen LogP) is 2.81. The van der Waals surface area contributed by atoms with Gasteiger partial charge in [0.1, 0.15) is 11.6 Å². The number of hydrogen-bond acceptors (Lipinski definition) is 8. The minimum Gasteiger partial charge on any atom is -0.330 e. The van der Waals surface area contributed by atoms with Gasteiger partial charge in [0, 0.05) is 35.9 Å². The third-order valence-corrected chi connectivity index (χ3v) is 8.18. The Morgan fingerprint density at radius 2 is 1.39 bits per heavy atom. The Bertz CT molecular complexity index is 913. The molecular formula is C21H36N6O2S2. The maximum absolute atomic E-state index is 11.1. The Morgan fingerprint density at radius 3 is 1.84 bits per heavy atom. The van der Waals surface area contributed by atoms with Crippen LogP contribution in [0.2, 0.25) is 0 Å². The monoisotopic (exact) mass is 468 g/mol. The van der Waals surface area contributed by atoms with E-state index < -0.39 is 0 Å². The van der Waals surface area contributed by atoms with Gasteiger partial charge in [0.25, 0.3) is 0 Å². The lowest BCUT2D eigenvalue weighted by Gasteiger charge is -2.38. The highest BCUT2D eigenvalue weighted by Gasteiger charge is 2.35. The van der Waals surface area contributed by atoms with E-state index in [-0.39, 0.29) is 20.6 Å². The van der Waals surface area contributed by atoms with E-state index in [1.165, 1.54) is 44.9 Å². The Morgan fingerprint density at radius 1 is 0.871 bits per heavy atom. The van der Waals surface area contributed by atoms with Crippen LogP contribution in [-0.2, 0) is 12.8 Å². The van der Waals surface area contributed by atoms with Crippen molar-refractivity contribution in [3.05, 3.63) is 31.0 Å². The Kier molecular flexibility index (Phi) is 8.60. The van der Waals surface area contributed by atoms with Gasteiger partial charge in [-0.1, -0.05) is 39.0 Å². The minimum atomic E-state index is -0.0639. The quantitative estimate of drug-likeness (QED) is 0.513. The average Bonchev–Trinajstić information content (AvgIpc) is 3.36. The number of aromatic nitrogens is 4. The smallest absolute Gasteiger partial charge is 0.323 e. The molecule has 31 heavy (non-hydrogen) atoms. The molecule has 0 spiro atoms. The Balaban J connectivity index is 0.000000176. The molecule has 4 rings (SSSR count). The van der Waals surface area contributed by atoms with Crippen LogP contribution in [0.15, 0.2) is 9.59 Å². The number of hydrogen-bond donors (Lipinski definition) is 4. The number of H-pyrrole nitrogens is 2. The fraction of sp³-hybridized carbons (Fsp3) is 0.810. The molecule has 2 fully saturated rings. The van der Waals surface area contributed by atoms with Crippen molar-refractivity contribution in [2.75, 3.05) is 13.1 Å². The summed E-state index contributed by atoms with van der Waals surface area (Å²) >= 11 is 2.00. The first-order valence-electron chi connectivity index (χ1n) is 11.4. The summed E-state index contributed by atoms with van der Waals surface area (Å²) in [7, 11) is 0. The van der Waals surface area contributed by atoms with E-state index in [9.17, 15) is 9.59 Å². The van der Waals surface area contributed by atoms with Crippen LogP contribution in [0.5, 0.6) is 0 Å². The van der Waals surface area contributed by atoms with Crippen molar-refractivity contribution >= 4 is 23.1 Å². The molecule has 0 bridgehead atoms. The normalized spacial score (nSPS) is 25.6. The Hall–Kier alpha value is -1.36. The molecule has 0 saturated heterocycles. The van der Waals surface area contributed by atoms with Gasteiger partial charge in [-0.3, -0.25) is 19.6 Å². The van der Waals surface area contributed by atoms with Gasteiger partial charge in [0.05, 0.1) is 0 Å². The summed E-state index contributed by atoms with van der Waals surface area (Å²) in [6.07, 6.45) is 12.7. The largest absolute Gasteiger partial charge is 0.330 e. The maximum atomic E-state index is 11.1. The number of nitrogens with zero attached hydrogens (tertiary/aromatic N) is 2. The first-order valence-corrected chi connectivity index (χ1v) is 12.9. The topological polar surface area (TPSA) is 144 Å². The SMILES string of the molecule is CC1CCCC(CN)(Cc2nsc(=O)[nH]2)C1.NCC1(Cc2nsc(=O)[nH]2)CCCCC1. The van der Waals surface area contributed by atoms with Gasteiger partial charge < -0.3 is 11.5 Å². The lowest BCUT2D eigenvalue weighted by Crippen LogP contribution is -2.37. The lowest BCUT2D eigenvalue weighted by molar-refractivity contribution is 0.151. The standard InChI is InChI=1S/C11H19N3OS.C10H17N3OS/c1-8-3-2-4-11(5-8,7-12)6-9-13-10(15)16-14-9;11-7-10(4-2-1-3-5-10)6-8-12-9(14)15-13-8/h8H,2-7,12H2,1H3,(H,13,14,15);1-7,11H2,(H,12,13,14). The third-order valence-electron chi connectivity index (χ3n) is 7.02. The maximum Gasteiger partial charge on any atom is 0.323 e. The van der Waals surface area contributed by atoms with Crippen molar-refractivity contribution in [1.29, 1.82) is 0 Å². The fourth-order valence-electron chi connectivity index (χ4n) is 5.33. The summed E-state index contributed by atoms with van der Waals surface area (Å²) in [5.41, 5.74) is 12.2. The van der Waals surface area contributed by atoms with Gasteiger partial charge in [-0.2, -0.15) is 8.75 Å². The summed E-state index contributed by atoms with van der Waals surface area (Å²) in [5, 5.41) is 0. The van der Waals surface area contributed by atoms with Crippen LogP contribution in [0.1, 0.15) is 76.4 Å². The van der Waals surface area contributed by atoms with E-state index in [2.05, 4.69) is 25.6 Å². The molecular weight excluding hydrogens is 432 g/mol. The van der Waals surface area contributed by atoms with Crippen LogP contribution in [0.4, 0.5) is 0 Å². The molecule has 2 unspecified atom stereocenters. The highest BCUT2D eigenvalue weighted by Crippen LogP contribution is 2.40. The van der Waals surface area contributed by atoms with Crippen molar-refractivity contribution < 1.29 is 0 Å². The predicted molar refractivity (Wildman–Crippen MR) is 127 cm³/mol. The van der Waals surface area contributed by atoms with E-state index in [4.69, 9.17) is 11.5 Å². The van der Waals surface area contributed by atoms with Crippen LogP contribution in [0, 0.1) is 16.7 Å². The fourth-order valence-corrected chi connectivity index (χ4v) is 6.26. The van der Waals surface area contributed by atoms with Crippen LogP contribution < -0.4 is 21.2 Å². The number of rotatable bonds is 6. The zero-order valence-electron chi connectivity index (χ0n) is 18.5. The van der Waals surface area contributed by atoms with E-state index in [0.717, 1.165) is 66.3 Å². The van der Waals surface area contributed by atoms with Crippen molar-refractivity contribution in [3.8, 4) is 0 Å². The van der Waals surface area contributed by atoms with Gasteiger partial charge in [0.15, 0.2) is 0 Å². The number of nitrogens with two attached hydrogens (primary N) is 2. The first kappa shape index (κ1) is 24.3. The second-order valence-electron chi connectivity index (χ2n) is 9.61. The van der Waals surface area contributed by atoms with Crippen molar-refractivity contribution in [2.45, 2.75) is 77.6 Å². The van der Waals surface area contributed by atoms with E-state index in [0.29, 0.717) is 13.1 Å². The highest BCUT2D eigenvalue weighted by molar-refractivity contribution is 7.03. The summed E-state index contributed by atoms with van der Waals surface area (Å²) in [6.45, 7) is 3.68. The molecule has 0 radical (unpaired) electrons. The van der Waals surface area contributed by atoms with E-state index in [1.54, 1.807) is 0 Å². The highest BCUT2D eigenvalue weighted by atomic mass is 32.1. The molecule has 2 heterocycles. The van der Waals surface area contributed by atoms with Gasteiger partial charge in [-0.05, 0) is 55.5 Å². The number of aromatic amines is 2. The molecule has 0 aromatic carbocycles. The van der Waals surface area contributed by atoms with Crippen molar-refractivity contribution in [3.63, 3.8) is 0 Å². The molecule has 8 nitrogen and oxygen atoms in total. The van der Waals surface area contributed by atoms with Crippen molar-refractivity contribution in [2.24, 2.45) is 28.2 Å². The molecule has 2 aliphatic rings. The third kappa shape index (κ3) is 6.81. The molecule has 2 atom stereocenters. The van der Waals surface area contributed by atoms with Crippen molar-refractivity contribution in [1.82, 2.24) is 18.7 Å². The van der Waals surface area contributed by atoms with Crippen LogP contribution in [0.3, 0.4) is 0 Å². The molecule has 2 aliphatic carbocycles. The van der Waals surface area contributed by atoms with Crippen LogP contribution in [0.25, 0.3) is 0 Å². The molecule has 174 valence electrons. The summed E-state index contributed by atoms with van der Waals surface area (Å²) in [5.74, 6) is 2.37. The summed E-state index contributed by atoms with van der Waals surface area (Å²) in [6, 6.07) is 0. The summed E-state index contributed by atoms with van der Waals surface area (Å²) < 4.78 is 8.27. The second-order valence-corrected chi connectivity index (χ2v) is 11.1. The zero-order valence-corrected chi connectivity index (χ0v) is 20.1. The van der Waals surface area contributed by atoms with Crippen LogP contribution in [-0.4, -0.2) is 31.8 Å². The molecule has 2 aromatic rings. The van der Waals surface area contributed by atoms with Gasteiger partial charge in [-0.25, -0.2) is 0 Å². The Labute approximate surface area is 191 Å².